The number of hydrogen-bond donors (Lipinski definition) is 3. The number of aromatic nitrogens is 1. The van der Waals surface area contributed by atoms with E-state index in [-0.39, 0.29) is 18.4 Å². The Morgan fingerprint density at radius 1 is 1.41 bits per heavy atom. The van der Waals surface area contributed by atoms with Crippen molar-refractivity contribution in [2.45, 2.75) is 6.92 Å². The Bertz CT molecular complexity index is 406. The van der Waals surface area contributed by atoms with Gasteiger partial charge in [0.1, 0.15) is 0 Å². The number of anilines is 1. The Morgan fingerprint density at radius 3 is 2.82 bits per heavy atom. The van der Waals surface area contributed by atoms with Gasteiger partial charge in [0.25, 0.3) is 5.91 Å². The van der Waals surface area contributed by atoms with Gasteiger partial charge in [-0.3, -0.25) is 14.6 Å². The summed E-state index contributed by atoms with van der Waals surface area (Å²) in [4.78, 5) is 26.7. The van der Waals surface area contributed by atoms with Crippen molar-refractivity contribution in [1.82, 2.24) is 15.6 Å². The van der Waals surface area contributed by atoms with E-state index in [1.165, 1.54) is 13.2 Å². The molecule has 92 valence electrons. The SMILES string of the molecule is CCNc1cnccc1C(=O)NCC(=O)NC. The lowest BCUT2D eigenvalue weighted by Crippen LogP contribution is -2.35. The van der Waals surface area contributed by atoms with Gasteiger partial charge in [-0.1, -0.05) is 0 Å². The maximum absolute atomic E-state index is 11.8. The lowest BCUT2D eigenvalue weighted by molar-refractivity contribution is -0.119. The van der Waals surface area contributed by atoms with E-state index in [0.29, 0.717) is 17.8 Å². The number of hydrogen-bond acceptors (Lipinski definition) is 4. The summed E-state index contributed by atoms with van der Waals surface area (Å²) in [5.74, 6) is -0.538. The first kappa shape index (κ1) is 13.0. The van der Waals surface area contributed by atoms with E-state index in [9.17, 15) is 9.59 Å². The molecule has 0 aliphatic heterocycles. The minimum atomic E-state index is -0.299. The molecule has 0 aromatic carbocycles. The van der Waals surface area contributed by atoms with Gasteiger partial charge in [-0.05, 0) is 13.0 Å². The van der Waals surface area contributed by atoms with Crippen LogP contribution in [0.2, 0.25) is 0 Å². The molecule has 1 rings (SSSR count). The Labute approximate surface area is 99.8 Å². The Morgan fingerprint density at radius 2 is 2.18 bits per heavy atom. The van der Waals surface area contributed by atoms with Crippen molar-refractivity contribution in [1.29, 1.82) is 0 Å². The molecule has 0 aliphatic carbocycles. The van der Waals surface area contributed by atoms with Crippen molar-refractivity contribution in [2.75, 3.05) is 25.5 Å². The summed E-state index contributed by atoms with van der Waals surface area (Å²) in [7, 11) is 1.52. The first-order valence-electron chi connectivity index (χ1n) is 5.35. The number of nitrogens with one attached hydrogen (secondary N) is 3. The van der Waals surface area contributed by atoms with E-state index < -0.39 is 0 Å². The van der Waals surface area contributed by atoms with E-state index in [4.69, 9.17) is 0 Å². The molecule has 6 nitrogen and oxygen atoms in total. The number of likely N-dealkylation sites (N-methyl/N-ethyl adjacent to an activating group) is 1. The van der Waals surface area contributed by atoms with Gasteiger partial charge >= 0.3 is 0 Å². The predicted octanol–water partition coefficient (Wildman–Crippen LogP) is -0.0108. The third kappa shape index (κ3) is 3.75. The second-order valence-corrected chi connectivity index (χ2v) is 3.31. The molecule has 0 spiro atoms. The highest BCUT2D eigenvalue weighted by Gasteiger charge is 2.11. The molecule has 0 atom stereocenters. The molecule has 0 aliphatic rings. The normalized spacial score (nSPS) is 9.53. The van der Waals surface area contributed by atoms with Gasteiger partial charge in [0.2, 0.25) is 5.91 Å². The average Bonchev–Trinajstić information content (AvgIpc) is 2.36. The second kappa shape index (κ2) is 6.47. The predicted molar refractivity (Wildman–Crippen MR) is 64.8 cm³/mol. The highest BCUT2D eigenvalue weighted by atomic mass is 16.2. The first-order chi connectivity index (χ1) is 8.19. The van der Waals surface area contributed by atoms with Gasteiger partial charge in [-0.15, -0.1) is 0 Å². The molecule has 0 bridgehead atoms. The van der Waals surface area contributed by atoms with Crippen LogP contribution in [0.25, 0.3) is 0 Å². The fourth-order valence-electron chi connectivity index (χ4n) is 1.27. The van der Waals surface area contributed by atoms with Crippen LogP contribution in [-0.4, -0.2) is 36.9 Å². The quantitative estimate of drug-likeness (QED) is 0.671. The monoisotopic (exact) mass is 236 g/mol. The van der Waals surface area contributed by atoms with Crippen molar-refractivity contribution < 1.29 is 9.59 Å². The highest BCUT2D eigenvalue weighted by Crippen LogP contribution is 2.12. The summed E-state index contributed by atoms with van der Waals surface area (Å²) in [6, 6.07) is 1.61. The van der Waals surface area contributed by atoms with E-state index in [0.717, 1.165) is 0 Å². The Hall–Kier alpha value is -2.11. The molecule has 0 fully saturated rings. The molecular weight excluding hydrogens is 220 g/mol. The summed E-state index contributed by atoms with van der Waals surface area (Å²) in [6.45, 7) is 2.59. The fourth-order valence-corrected chi connectivity index (χ4v) is 1.27. The summed E-state index contributed by atoms with van der Waals surface area (Å²) in [5, 5.41) is 7.99. The lowest BCUT2D eigenvalue weighted by atomic mass is 10.2. The molecular formula is C11H16N4O2. The molecule has 6 heteroatoms. The van der Waals surface area contributed by atoms with E-state index in [1.807, 2.05) is 6.92 Å². The lowest BCUT2D eigenvalue weighted by Gasteiger charge is -2.09. The summed E-state index contributed by atoms with van der Waals surface area (Å²) in [5.41, 5.74) is 1.13. The smallest absolute Gasteiger partial charge is 0.253 e. The third-order valence-corrected chi connectivity index (χ3v) is 2.12. The van der Waals surface area contributed by atoms with Crippen LogP contribution in [0.3, 0.4) is 0 Å². The molecule has 1 heterocycles. The maximum atomic E-state index is 11.8. The zero-order chi connectivity index (χ0) is 12.7. The number of rotatable bonds is 5. The summed E-state index contributed by atoms with van der Waals surface area (Å²) in [6.07, 6.45) is 3.12. The van der Waals surface area contributed by atoms with Crippen molar-refractivity contribution in [2.24, 2.45) is 0 Å². The summed E-state index contributed by atoms with van der Waals surface area (Å²) >= 11 is 0. The van der Waals surface area contributed by atoms with Gasteiger partial charge in [0.15, 0.2) is 0 Å². The zero-order valence-corrected chi connectivity index (χ0v) is 9.91. The Balaban J connectivity index is 2.71. The average molecular weight is 236 g/mol. The fraction of sp³-hybridized carbons (Fsp3) is 0.364. The van der Waals surface area contributed by atoms with Crippen LogP contribution in [-0.2, 0) is 4.79 Å². The van der Waals surface area contributed by atoms with Gasteiger partial charge in [0.05, 0.1) is 24.0 Å². The summed E-state index contributed by atoms with van der Waals surface area (Å²) < 4.78 is 0. The number of nitrogens with zero attached hydrogens (tertiary/aromatic N) is 1. The van der Waals surface area contributed by atoms with Gasteiger partial charge < -0.3 is 16.0 Å². The van der Waals surface area contributed by atoms with E-state index in [1.54, 1.807) is 12.3 Å². The molecule has 17 heavy (non-hydrogen) atoms. The second-order valence-electron chi connectivity index (χ2n) is 3.31. The molecule has 1 aromatic rings. The minimum Gasteiger partial charge on any atom is -0.383 e. The molecule has 0 radical (unpaired) electrons. The molecule has 2 amide bonds. The minimum absolute atomic E-state index is 0.0385. The third-order valence-electron chi connectivity index (χ3n) is 2.12. The largest absolute Gasteiger partial charge is 0.383 e. The number of carbonyl (C=O) groups excluding carboxylic acids is 2. The van der Waals surface area contributed by atoms with Crippen LogP contribution in [0.1, 0.15) is 17.3 Å². The Kier molecular flexibility index (Phi) is 4.93. The molecule has 0 unspecified atom stereocenters. The highest BCUT2D eigenvalue weighted by molar-refractivity contribution is 6.00. The number of pyridine rings is 1. The van der Waals surface area contributed by atoms with Crippen LogP contribution >= 0.6 is 0 Å². The molecule has 0 saturated carbocycles. The first-order valence-corrected chi connectivity index (χ1v) is 5.35. The van der Waals surface area contributed by atoms with E-state index in [2.05, 4.69) is 20.9 Å². The van der Waals surface area contributed by atoms with Gasteiger partial charge in [0, 0.05) is 19.8 Å². The van der Waals surface area contributed by atoms with Crippen LogP contribution in [0.4, 0.5) is 5.69 Å². The van der Waals surface area contributed by atoms with Crippen LogP contribution in [0, 0.1) is 0 Å². The van der Waals surface area contributed by atoms with Crippen LogP contribution in [0.5, 0.6) is 0 Å². The van der Waals surface area contributed by atoms with Crippen molar-refractivity contribution in [3.05, 3.63) is 24.0 Å². The van der Waals surface area contributed by atoms with Crippen molar-refractivity contribution >= 4 is 17.5 Å². The molecule has 3 N–H and O–H groups in total. The molecule has 1 aromatic heterocycles. The zero-order valence-electron chi connectivity index (χ0n) is 9.91. The van der Waals surface area contributed by atoms with Crippen LogP contribution < -0.4 is 16.0 Å². The number of carbonyl (C=O) groups is 2. The van der Waals surface area contributed by atoms with E-state index >= 15 is 0 Å². The maximum Gasteiger partial charge on any atom is 0.253 e. The molecule has 0 saturated heterocycles. The van der Waals surface area contributed by atoms with Crippen LogP contribution in [0.15, 0.2) is 18.5 Å². The van der Waals surface area contributed by atoms with Crippen molar-refractivity contribution in [3.8, 4) is 0 Å². The number of amides is 2. The standard InChI is InChI=1S/C11H16N4O2/c1-3-14-9-6-13-5-4-8(9)11(17)15-7-10(16)12-2/h4-6,14H,3,7H2,1-2H3,(H,12,16)(H,15,17). The topological polar surface area (TPSA) is 83.1 Å². The van der Waals surface area contributed by atoms with Gasteiger partial charge in [-0.2, -0.15) is 0 Å². The van der Waals surface area contributed by atoms with Gasteiger partial charge in [-0.25, -0.2) is 0 Å². The van der Waals surface area contributed by atoms with Crippen molar-refractivity contribution in [3.63, 3.8) is 0 Å².